The number of fused-ring (bicyclic) bond motifs is 1. The van der Waals surface area contributed by atoms with Gasteiger partial charge < -0.3 is 4.90 Å². The van der Waals surface area contributed by atoms with Gasteiger partial charge in [-0.3, -0.25) is 9.71 Å². The minimum Gasteiger partial charge on any atom is -0.372 e. The summed E-state index contributed by atoms with van der Waals surface area (Å²) in [6.07, 6.45) is 3.73. The summed E-state index contributed by atoms with van der Waals surface area (Å²) in [6, 6.07) is 2.05. The normalized spacial score (nSPS) is 16.9. The van der Waals surface area contributed by atoms with Crippen molar-refractivity contribution in [1.82, 2.24) is 9.71 Å². The summed E-state index contributed by atoms with van der Waals surface area (Å²) in [5.41, 5.74) is 1.26. The summed E-state index contributed by atoms with van der Waals surface area (Å²) < 4.78 is 3.27. The molecule has 1 N–H and O–H groups in total. The highest BCUT2D eigenvalue weighted by atomic mass is 32.2. The highest BCUT2D eigenvalue weighted by Crippen LogP contribution is 2.27. The van der Waals surface area contributed by atoms with Crippen LogP contribution in [0.25, 0.3) is 0 Å². The molecule has 12 heavy (non-hydrogen) atoms. The van der Waals surface area contributed by atoms with E-state index in [1.807, 2.05) is 12.4 Å². The molecule has 4 heteroatoms. The van der Waals surface area contributed by atoms with Crippen molar-refractivity contribution in [3.63, 3.8) is 0 Å². The molecule has 64 valence electrons. The molecule has 0 saturated heterocycles. The molecule has 3 nitrogen and oxygen atoms in total. The third-order valence-electron chi connectivity index (χ3n) is 1.91. The highest BCUT2D eigenvalue weighted by molar-refractivity contribution is 7.97. The van der Waals surface area contributed by atoms with E-state index < -0.39 is 0 Å². The van der Waals surface area contributed by atoms with Gasteiger partial charge in [0, 0.05) is 32.5 Å². The quantitative estimate of drug-likeness (QED) is 0.607. The lowest BCUT2D eigenvalue weighted by molar-refractivity contribution is 0.856. The van der Waals surface area contributed by atoms with E-state index in [0.717, 1.165) is 13.1 Å². The van der Waals surface area contributed by atoms with E-state index in [0.29, 0.717) is 0 Å². The van der Waals surface area contributed by atoms with E-state index >= 15 is 0 Å². The molecule has 0 saturated carbocycles. The molecule has 0 amide bonds. The number of nitrogens with one attached hydrogen (secondary N) is 1. The Morgan fingerprint density at radius 1 is 1.67 bits per heavy atom. The van der Waals surface area contributed by atoms with Gasteiger partial charge in [-0.2, -0.15) is 0 Å². The van der Waals surface area contributed by atoms with Gasteiger partial charge >= 0.3 is 0 Å². The fraction of sp³-hybridized carbons (Fsp3) is 0.375. The Hall–Kier alpha value is -0.740. The van der Waals surface area contributed by atoms with Crippen molar-refractivity contribution in [3.05, 3.63) is 18.5 Å². The van der Waals surface area contributed by atoms with Crippen molar-refractivity contribution < 1.29 is 0 Å². The number of likely N-dealkylation sites (N-methyl/N-ethyl adjacent to an activating group) is 1. The monoisotopic (exact) mass is 181 g/mol. The van der Waals surface area contributed by atoms with Gasteiger partial charge in [-0.15, -0.1) is 0 Å². The first kappa shape index (κ1) is 7.89. The zero-order chi connectivity index (χ0) is 8.39. The number of pyridine rings is 1. The minimum atomic E-state index is 1.01. The number of nitrogens with zero attached hydrogens (tertiary/aromatic N) is 2. The van der Waals surface area contributed by atoms with Crippen LogP contribution in [0.2, 0.25) is 0 Å². The molecule has 0 spiro atoms. The molecule has 0 aromatic carbocycles. The second kappa shape index (κ2) is 3.33. The van der Waals surface area contributed by atoms with Crippen molar-refractivity contribution in [2.45, 2.75) is 4.90 Å². The standard InChI is InChI=1S/C8H11N3S/c1-11-5-4-10-12-8-6-9-3-2-7(8)11/h2-3,6,10H,4-5H2,1H3. The van der Waals surface area contributed by atoms with Crippen LogP contribution < -0.4 is 9.62 Å². The van der Waals surface area contributed by atoms with Gasteiger partial charge in [0.2, 0.25) is 0 Å². The lowest BCUT2D eigenvalue weighted by Gasteiger charge is -2.16. The Balaban J connectivity index is 2.39. The third kappa shape index (κ3) is 1.40. The van der Waals surface area contributed by atoms with Gasteiger partial charge in [0.15, 0.2) is 0 Å². The molecule has 0 fully saturated rings. The molecule has 1 aromatic rings. The van der Waals surface area contributed by atoms with Gasteiger partial charge in [-0.1, -0.05) is 0 Å². The van der Waals surface area contributed by atoms with Gasteiger partial charge in [0.25, 0.3) is 0 Å². The fourth-order valence-electron chi connectivity index (χ4n) is 1.23. The van der Waals surface area contributed by atoms with Crippen LogP contribution in [0.5, 0.6) is 0 Å². The van der Waals surface area contributed by atoms with E-state index in [1.54, 1.807) is 11.9 Å². The first-order valence-electron chi connectivity index (χ1n) is 3.93. The van der Waals surface area contributed by atoms with E-state index in [2.05, 4.69) is 27.7 Å². The van der Waals surface area contributed by atoms with Crippen molar-refractivity contribution in [1.29, 1.82) is 0 Å². The van der Waals surface area contributed by atoms with Gasteiger partial charge in [0.05, 0.1) is 10.6 Å². The topological polar surface area (TPSA) is 28.2 Å². The maximum atomic E-state index is 4.09. The van der Waals surface area contributed by atoms with E-state index in [1.165, 1.54) is 10.6 Å². The highest BCUT2D eigenvalue weighted by Gasteiger charge is 2.10. The predicted molar refractivity (Wildman–Crippen MR) is 51.4 cm³/mol. The minimum absolute atomic E-state index is 1.01. The summed E-state index contributed by atoms with van der Waals surface area (Å²) in [6.45, 7) is 2.06. The first-order valence-corrected chi connectivity index (χ1v) is 4.74. The van der Waals surface area contributed by atoms with Crippen molar-refractivity contribution in [2.24, 2.45) is 0 Å². The SMILES string of the molecule is CN1CCNSc2cnccc21. The molecule has 2 heterocycles. The summed E-state index contributed by atoms with van der Waals surface area (Å²) >= 11 is 1.66. The first-order chi connectivity index (χ1) is 5.88. The molecule has 1 aromatic heterocycles. The maximum Gasteiger partial charge on any atom is 0.0645 e. The lowest BCUT2D eigenvalue weighted by Crippen LogP contribution is -2.23. The Morgan fingerprint density at radius 2 is 2.58 bits per heavy atom. The molecular weight excluding hydrogens is 170 g/mol. The summed E-state index contributed by atoms with van der Waals surface area (Å²) in [7, 11) is 2.10. The van der Waals surface area contributed by atoms with Gasteiger partial charge in [-0.25, -0.2) is 0 Å². The van der Waals surface area contributed by atoms with Crippen LogP contribution in [-0.4, -0.2) is 25.1 Å². The Kier molecular flexibility index (Phi) is 2.19. The van der Waals surface area contributed by atoms with Crippen LogP contribution in [0.3, 0.4) is 0 Å². The fourth-order valence-corrected chi connectivity index (χ4v) is 2.02. The Bertz CT molecular complexity index is 277. The summed E-state index contributed by atoms with van der Waals surface area (Å²) in [5, 5.41) is 0. The van der Waals surface area contributed by atoms with Crippen LogP contribution in [0.4, 0.5) is 5.69 Å². The lowest BCUT2D eigenvalue weighted by atomic mass is 10.3. The summed E-state index contributed by atoms with van der Waals surface area (Å²) in [4.78, 5) is 7.53. The predicted octanol–water partition coefficient (Wildman–Crippen LogP) is 1.13. The smallest absolute Gasteiger partial charge is 0.0645 e. The molecule has 0 bridgehead atoms. The van der Waals surface area contributed by atoms with Crippen molar-refractivity contribution in [3.8, 4) is 0 Å². The maximum absolute atomic E-state index is 4.09. The van der Waals surface area contributed by atoms with Crippen LogP contribution in [-0.2, 0) is 0 Å². The average molecular weight is 181 g/mol. The van der Waals surface area contributed by atoms with Crippen LogP contribution in [0.15, 0.2) is 23.4 Å². The van der Waals surface area contributed by atoms with Crippen LogP contribution in [0.1, 0.15) is 0 Å². The molecule has 0 atom stereocenters. The zero-order valence-electron chi connectivity index (χ0n) is 6.95. The molecular formula is C8H11N3S. The van der Waals surface area contributed by atoms with Crippen LogP contribution >= 0.6 is 11.9 Å². The largest absolute Gasteiger partial charge is 0.372 e. The Morgan fingerprint density at radius 3 is 3.50 bits per heavy atom. The van der Waals surface area contributed by atoms with E-state index in [4.69, 9.17) is 0 Å². The van der Waals surface area contributed by atoms with E-state index in [-0.39, 0.29) is 0 Å². The van der Waals surface area contributed by atoms with Gasteiger partial charge in [-0.05, 0) is 18.0 Å². The molecule has 0 aliphatic carbocycles. The number of hydrogen-bond donors (Lipinski definition) is 1. The summed E-state index contributed by atoms with van der Waals surface area (Å²) in [5.74, 6) is 0. The zero-order valence-corrected chi connectivity index (χ0v) is 7.77. The molecule has 0 radical (unpaired) electrons. The molecule has 0 unspecified atom stereocenters. The molecule has 2 rings (SSSR count). The average Bonchev–Trinajstić information content (AvgIpc) is 2.29. The second-order valence-electron chi connectivity index (χ2n) is 2.76. The third-order valence-corrected chi connectivity index (χ3v) is 2.79. The van der Waals surface area contributed by atoms with E-state index in [9.17, 15) is 0 Å². The second-order valence-corrected chi connectivity index (χ2v) is 3.69. The number of rotatable bonds is 0. The number of aromatic nitrogens is 1. The molecule has 1 aliphatic rings. The molecule has 1 aliphatic heterocycles. The van der Waals surface area contributed by atoms with Gasteiger partial charge in [0.1, 0.15) is 0 Å². The van der Waals surface area contributed by atoms with Crippen molar-refractivity contribution >= 4 is 17.6 Å². The Labute approximate surface area is 76.3 Å². The number of hydrogen-bond acceptors (Lipinski definition) is 4. The number of anilines is 1. The van der Waals surface area contributed by atoms with Crippen molar-refractivity contribution in [2.75, 3.05) is 25.0 Å². The van der Waals surface area contributed by atoms with Crippen LogP contribution in [0, 0.1) is 0 Å².